The van der Waals surface area contributed by atoms with E-state index in [4.69, 9.17) is 5.11 Å². The molecule has 0 spiro atoms. The van der Waals surface area contributed by atoms with Crippen LogP contribution >= 0.6 is 0 Å². The summed E-state index contributed by atoms with van der Waals surface area (Å²) < 4.78 is 4.93. The van der Waals surface area contributed by atoms with Gasteiger partial charge in [0.05, 0.1) is 23.7 Å². The first-order valence-electron chi connectivity index (χ1n) is 10.4. The largest absolute Gasteiger partial charge is 0.493 e. The van der Waals surface area contributed by atoms with E-state index in [1.165, 1.54) is 17.1 Å². The van der Waals surface area contributed by atoms with E-state index in [0.717, 1.165) is 11.9 Å². The summed E-state index contributed by atoms with van der Waals surface area (Å²) in [5.74, 6) is -0.212. The van der Waals surface area contributed by atoms with Crippen molar-refractivity contribution in [2.45, 2.75) is 26.3 Å². The van der Waals surface area contributed by atoms with Crippen LogP contribution in [0.25, 0.3) is 22.4 Å². The fourth-order valence-corrected chi connectivity index (χ4v) is 3.64. The van der Waals surface area contributed by atoms with Crippen LogP contribution in [0.5, 0.6) is 5.88 Å². The van der Waals surface area contributed by atoms with Crippen LogP contribution in [0.3, 0.4) is 0 Å². The molecule has 0 saturated heterocycles. The Morgan fingerprint density at radius 2 is 2.16 bits per heavy atom. The van der Waals surface area contributed by atoms with Gasteiger partial charge in [-0.3, -0.25) is 19.0 Å². The smallest absolute Gasteiger partial charge is 0.280 e. The number of aryl methyl sites for hydroxylation is 2. The van der Waals surface area contributed by atoms with Crippen molar-refractivity contribution in [1.82, 2.24) is 34.1 Å². The van der Waals surface area contributed by atoms with Gasteiger partial charge in [-0.05, 0) is 30.9 Å². The number of nitrogens with one attached hydrogen (secondary N) is 1. The number of pyridine rings is 1. The van der Waals surface area contributed by atoms with Gasteiger partial charge in [-0.25, -0.2) is 4.68 Å². The van der Waals surface area contributed by atoms with E-state index in [9.17, 15) is 9.90 Å². The first kappa shape index (κ1) is 21.5. The highest BCUT2D eigenvalue weighted by molar-refractivity contribution is 5.95. The summed E-state index contributed by atoms with van der Waals surface area (Å²) in [4.78, 5) is 24.7. The molecule has 11 heteroatoms. The third-order valence-electron chi connectivity index (χ3n) is 5.31. The summed E-state index contributed by atoms with van der Waals surface area (Å²) in [5.41, 5.74) is 3.11. The summed E-state index contributed by atoms with van der Waals surface area (Å²) in [6.07, 6.45) is 6.39. The molecule has 3 N–H and O–H groups in total. The minimum absolute atomic E-state index is 0.0317. The molecule has 0 aliphatic heterocycles. The maximum Gasteiger partial charge on any atom is 0.280 e. The van der Waals surface area contributed by atoms with E-state index in [1.54, 1.807) is 23.9 Å². The van der Waals surface area contributed by atoms with E-state index in [2.05, 4.69) is 32.1 Å². The van der Waals surface area contributed by atoms with Crippen molar-refractivity contribution < 1.29 is 15.0 Å². The predicted octanol–water partition coefficient (Wildman–Crippen LogP) is 1.35. The maximum atomic E-state index is 13.0. The number of hydrogen-bond acceptors (Lipinski definition) is 6. The standard InChI is InChI=1S/C21H26N8O3/c1-13(5-4-8-30)11-29-18-17(12-27(2)26-18)24-21(29)25-19(31)14-6-7-22-16(9-14)15-10-23-28(3)20(15)32/h6-7,9-10,12-13,30,32H,4-5,8,11H2,1-3H3,(H,24,25,31)/t13-/m1/s1. The Morgan fingerprint density at radius 1 is 1.34 bits per heavy atom. The average Bonchev–Trinajstić information content (AvgIpc) is 3.40. The molecule has 1 atom stereocenters. The number of nitrogens with zero attached hydrogens (tertiary/aromatic N) is 7. The van der Waals surface area contributed by atoms with Crippen molar-refractivity contribution in [2.24, 2.45) is 25.0 Å². The Kier molecular flexibility index (Phi) is 5.91. The molecule has 0 bridgehead atoms. The lowest BCUT2D eigenvalue weighted by Crippen LogP contribution is -2.24. The Balaban J connectivity index is 1.70. The van der Waals surface area contributed by atoms with Crippen molar-refractivity contribution in [2.75, 3.05) is 6.61 Å². The molecule has 32 heavy (non-hydrogen) atoms. The highest BCUT2D eigenvalue weighted by Crippen LogP contribution is 2.27. The minimum Gasteiger partial charge on any atom is -0.493 e. The molecule has 0 aliphatic rings. The summed E-state index contributed by atoms with van der Waals surface area (Å²) in [6.45, 7) is 2.84. The molecule has 168 valence electrons. The van der Waals surface area contributed by atoms with E-state index in [1.807, 2.05) is 17.8 Å². The van der Waals surface area contributed by atoms with Crippen LogP contribution in [0.4, 0.5) is 0 Å². The lowest BCUT2D eigenvalue weighted by Gasteiger charge is -2.11. The number of rotatable bonds is 7. The van der Waals surface area contributed by atoms with E-state index < -0.39 is 5.91 Å². The van der Waals surface area contributed by atoms with Crippen LogP contribution in [0, 0.1) is 5.92 Å². The predicted molar refractivity (Wildman–Crippen MR) is 117 cm³/mol. The second-order valence-corrected chi connectivity index (χ2v) is 7.92. The molecule has 1 amide bonds. The lowest BCUT2D eigenvalue weighted by atomic mass is 10.1. The zero-order valence-electron chi connectivity index (χ0n) is 18.2. The second-order valence-electron chi connectivity index (χ2n) is 7.92. The van der Waals surface area contributed by atoms with Gasteiger partial charge in [-0.15, -0.1) is 0 Å². The third-order valence-corrected chi connectivity index (χ3v) is 5.31. The number of aromatic nitrogens is 7. The zero-order chi connectivity index (χ0) is 22.8. The molecule has 4 heterocycles. The number of aliphatic hydroxyl groups is 1. The number of aromatic amines is 1. The lowest BCUT2D eigenvalue weighted by molar-refractivity contribution is 0.0996. The molecule has 0 saturated carbocycles. The summed E-state index contributed by atoms with van der Waals surface area (Å²) in [7, 11) is 3.45. The Bertz CT molecular complexity index is 1330. The molecule has 0 fully saturated rings. The highest BCUT2D eigenvalue weighted by atomic mass is 16.3. The van der Waals surface area contributed by atoms with Crippen LogP contribution in [-0.2, 0) is 20.6 Å². The number of carbonyl (C=O) groups excluding carboxylic acids is 1. The normalized spacial score (nSPS) is 13.2. The molecular weight excluding hydrogens is 412 g/mol. The number of amides is 1. The van der Waals surface area contributed by atoms with Crippen LogP contribution in [0.2, 0.25) is 0 Å². The van der Waals surface area contributed by atoms with Crippen molar-refractivity contribution >= 4 is 17.1 Å². The summed E-state index contributed by atoms with van der Waals surface area (Å²) in [5, 5.41) is 27.8. The third kappa shape index (κ3) is 4.19. The van der Waals surface area contributed by atoms with Gasteiger partial charge in [-0.1, -0.05) is 6.92 Å². The van der Waals surface area contributed by atoms with Gasteiger partial charge in [0.2, 0.25) is 11.5 Å². The molecule has 0 radical (unpaired) electrons. The number of hydrogen-bond donors (Lipinski definition) is 3. The summed E-state index contributed by atoms with van der Waals surface area (Å²) in [6, 6.07) is 3.16. The summed E-state index contributed by atoms with van der Waals surface area (Å²) >= 11 is 0. The van der Waals surface area contributed by atoms with Crippen LogP contribution in [0.15, 0.2) is 35.7 Å². The van der Waals surface area contributed by atoms with Gasteiger partial charge in [0, 0.05) is 39.0 Å². The molecule has 0 unspecified atom stereocenters. The molecule has 11 nitrogen and oxygen atoms in total. The average molecular weight is 438 g/mol. The van der Waals surface area contributed by atoms with Crippen LogP contribution < -0.4 is 5.62 Å². The van der Waals surface area contributed by atoms with Gasteiger partial charge in [0.15, 0.2) is 5.65 Å². The van der Waals surface area contributed by atoms with E-state index in [-0.39, 0.29) is 18.4 Å². The first-order valence-corrected chi connectivity index (χ1v) is 10.4. The topological polar surface area (TPSA) is 139 Å². The molecule has 0 aromatic carbocycles. The number of carbonyl (C=O) groups is 1. The fourth-order valence-electron chi connectivity index (χ4n) is 3.64. The van der Waals surface area contributed by atoms with Crippen LogP contribution in [0.1, 0.15) is 30.1 Å². The number of aliphatic hydroxyl groups excluding tert-OH is 1. The zero-order valence-corrected chi connectivity index (χ0v) is 18.2. The Morgan fingerprint density at radius 3 is 2.88 bits per heavy atom. The number of fused-ring (bicyclic) bond motifs is 1. The number of aromatic hydroxyl groups is 1. The fraction of sp³-hybridized carbons (Fsp3) is 0.381. The van der Waals surface area contributed by atoms with Crippen molar-refractivity contribution in [3.8, 4) is 17.1 Å². The molecule has 4 aromatic heterocycles. The molecule has 4 aromatic rings. The van der Waals surface area contributed by atoms with E-state index in [0.29, 0.717) is 41.1 Å². The highest BCUT2D eigenvalue weighted by Gasteiger charge is 2.16. The Hall–Kier alpha value is -3.73. The molecular formula is C21H26N8O3. The van der Waals surface area contributed by atoms with Gasteiger partial charge in [0.25, 0.3) is 5.91 Å². The number of imidazole rings is 1. The second kappa shape index (κ2) is 8.79. The van der Waals surface area contributed by atoms with Crippen molar-refractivity contribution in [3.05, 3.63) is 41.9 Å². The Labute approximate surface area is 183 Å². The van der Waals surface area contributed by atoms with Crippen LogP contribution in [-0.4, -0.2) is 56.8 Å². The SMILES string of the molecule is C[C@H](CCCO)Cn1/c(=N/C(=O)c2ccnc(-c3cnn(C)c3O)c2)[nH]c2cn(C)nc21. The first-order chi connectivity index (χ1) is 15.4. The molecule has 4 rings (SSSR count). The van der Waals surface area contributed by atoms with Crippen molar-refractivity contribution in [1.29, 1.82) is 0 Å². The van der Waals surface area contributed by atoms with Crippen molar-refractivity contribution in [3.63, 3.8) is 0 Å². The van der Waals surface area contributed by atoms with Gasteiger partial charge < -0.3 is 15.2 Å². The molecule has 0 aliphatic carbocycles. The monoisotopic (exact) mass is 438 g/mol. The quantitative estimate of drug-likeness (QED) is 0.398. The number of H-pyrrole nitrogens is 1. The van der Waals surface area contributed by atoms with Gasteiger partial charge in [0.1, 0.15) is 5.52 Å². The van der Waals surface area contributed by atoms with Gasteiger partial charge >= 0.3 is 0 Å². The van der Waals surface area contributed by atoms with E-state index >= 15 is 0 Å². The maximum absolute atomic E-state index is 13.0. The van der Waals surface area contributed by atoms with Gasteiger partial charge in [-0.2, -0.15) is 15.2 Å². The minimum atomic E-state index is -0.443.